The minimum Gasteiger partial charge on any atom is -0.459 e. The molecule has 1 aliphatic rings. The molecule has 0 aliphatic carbocycles. The minimum absolute atomic E-state index is 0.0917. The molecule has 3 unspecified atom stereocenters. The lowest BCUT2D eigenvalue weighted by Gasteiger charge is -2.29. The quantitative estimate of drug-likeness (QED) is 0.381. The topological polar surface area (TPSA) is 88.1 Å². The molecule has 0 radical (unpaired) electrons. The van der Waals surface area contributed by atoms with Crippen molar-refractivity contribution in [3.63, 3.8) is 0 Å². The Kier molecular flexibility index (Phi) is 7.04. The maximum atomic E-state index is 12.8. The first kappa shape index (κ1) is 23.2. The molecular formula is C27H24O7. The Balaban J connectivity index is 1.48. The van der Waals surface area contributed by atoms with Gasteiger partial charge in [0.2, 0.25) is 6.29 Å². The fourth-order valence-corrected chi connectivity index (χ4v) is 3.67. The van der Waals surface area contributed by atoms with E-state index in [1.807, 2.05) is 0 Å². The number of benzene rings is 3. The Hall–Kier alpha value is -3.97. The molecule has 3 atom stereocenters. The van der Waals surface area contributed by atoms with Gasteiger partial charge in [-0.05, 0) is 43.3 Å². The second-order valence-electron chi connectivity index (χ2n) is 8.10. The van der Waals surface area contributed by atoms with E-state index in [-0.39, 0.29) is 13.0 Å². The summed E-state index contributed by atoms with van der Waals surface area (Å²) in [5, 5.41) is 0. The van der Waals surface area contributed by atoms with Gasteiger partial charge in [-0.1, -0.05) is 54.6 Å². The maximum Gasteiger partial charge on any atom is 0.340 e. The second-order valence-corrected chi connectivity index (χ2v) is 8.10. The number of carbonyl (C=O) groups is 3. The third kappa shape index (κ3) is 5.50. The molecule has 0 spiro atoms. The van der Waals surface area contributed by atoms with Crippen molar-refractivity contribution in [3.05, 3.63) is 108 Å². The molecule has 7 heteroatoms. The van der Waals surface area contributed by atoms with Gasteiger partial charge in [0.05, 0.1) is 16.7 Å². The summed E-state index contributed by atoms with van der Waals surface area (Å²) in [6.07, 6.45) is -1.66. The summed E-state index contributed by atoms with van der Waals surface area (Å²) in [5.41, 5.74) is -0.190. The van der Waals surface area contributed by atoms with E-state index in [4.69, 9.17) is 18.9 Å². The highest BCUT2D eigenvalue weighted by atomic mass is 16.7. The highest BCUT2D eigenvalue weighted by molar-refractivity contribution is 5.90. The van der Waals surface area contributed by atoms with Crippen molar-refractivity contribution < 1.29 is 33.3 Å². The molecule has 0 saturated carbocycles. The lowest BCUT2D eigenvalue weighted by molar-refractivity contribution is -0.170. The Labute approximate surface area is 197 Å². The van der Waals surface area contributed by atoms with Crippen molar-refractivity contribution in [2.75, 3.05) is 6.61 Å². The molecule has 3 aromatic carbocycles. The third-order valence-electron chi connectivity index (χ3n) is 5.42. The summed E-state index contributed by atoms with van der Waals surface area (Å²) < 4.78 is 22.6. The molecule has 0 amide bonds. The van der Waals surface area contributed by atoms with E-state index in [0.29, 0.717) is 16.7 Å². The van der Waals surface area contributed by atoms with E-state index in [1.54, 1.807) is 97.9 Å². The van der Waals surface area contributed by atoms with Crippen molar-refractivity contribution in [2.24, 2.45) is 0 Å². The van der Waals surface area contributed by atoms with E-state index in [9.17, 15) is 14.4 Å². The van der Waals surface area contributed by atoms with Crippen molar-refractivity contribution in [3.8, 4) is 0 Å². The van der Waals surface area contributed by atoms with E-state index >= 15 is 0 Å². The molecule has 4 rings (SSSR count). The Morgan fingerprint density at radius 2 is 1.24 bits per heavy atom. The lowest BCUT2D eigenvalue weighted by Crippen LogP contribution is -2.42. The zero-order valence-corrected chi connectivity index (χ0v) is 18.6. The number of carbonyl (C=O) groups excluding carboxylic acids is 3. The first-order chi connectivity index (χ1) is 16.4. The Morgan fingerprint density at radius 3 is 1.76 bits per heavy atom. The van der Waals surface area contributed by atoms with Crippen molar-refractivity contribution >= 4 is 17.9 Å². The summed E-state index contributed by atoms with van der Waals surface area (Å²) >= 11 is 0. The summed E-state index contributed by atoms with van der Waals surface area (Å²) in [7, 11) is 0. The third-order valence-corrected chi connectivity index (χ3v) is 5.42. The zero-order chi connectivity index (χ0) is 24.0. The fourth-order valence-electron chi connectivity index (χ4n) is 3.67. The average Bonchev–Trinajstić information content (AvgIpc) is 3.18. The molecule has 0 N–H and O–H groups in total. The maximum absolute atomic E-state index is 12.8. The van der Waals surface area contributed by atoms with Crippen molar-refractivity contribution in [1.29, 1.82) is 0 Å². The molecule has 34 heavy (non-hydrogen) atoms. The van der Waals surface area contributed by atoms with Gasteiger partial charge in [-0.3, -0.25) is 0 Å². The Bertz CT molecular complexity index is 1130. The van der Waals surface area contributed by atoms with E-state index in [0.717, 1.165) is 0 Å². The highest BCUT2D eigenvalue weighted by Gasteiger charge is 2.51. The number of hydrogen-bond acceptors (Lipinski definition) is 7. The predicted molar refractivity (Wildman–Crippen MR) is 122 cm³/mol. The molecule has 1 aliphatic heterocycles. The minimum atomic E-state index is -1.29. The van der Waals surface area contributed by atoms with Crippen LogP contribution < -0.4 is 0 Å². The van der Waals surface area contributed by atoms with Gasteiger partial charge in [-0.15, -0.1) is 0 Å². The SMILES string of the molecule is CC1(OC(=O)c2ccccc2)CC(COC(=O)c2ccccc2)OC1OC(=O)c1ccccc1. The standard InChI is InChI=1S/C27H24O7/c1-27(34-25(30)21-15-9-4-10-16-21)17-22(18-31-23(28)19-11-5-2-6-12-19)32-26(27)33-24(29)20-13-7-3-8-14-20/h2-16,22,26H,17-18H2,1H3. The van der Waals surface area contributed by atoms with E-state index < -0.39 is 35.9 Å². The monoisotopic (exact) mass is 460 g/mol. The smallest absolute Gasteiger partial charge is 0.340 e. The van der Waals surface area contributed by atoms with Crippen molar-refractivity contribution in [1.82, 2.24) is 0 Å². The molecule has 1 saturated heterocycles. The summed E-state index contributed by atoms with van der Waals surface area (Å²) in [5.74, 6) is -1.69. The molecule has 1 heterocycles. The van der Waals surface area contributed by atoms with Crippen molar-refractivity contribution in [2.45, 2.75) is 31.3 Å². The number of ether oxygens (including phenoxy) is 4. The summed E-state index contributed by atoms with van der Waals surface area (Å²) in [6.45, 7) is 1.54. The number of hydrogen-bond donors (Lipinski definition) is 0. The van der Waals surface area contributed by atoms with E-state index in [1.165, 1.54) is 0 Å². The van der Waals surface area contributed by atoms with Crippen LogP contribution in [0.4, 0.5) is 0 Å². The van der Waals surface area contributed by atoms with Gasteiger partial charge in [-0.25, -0.2) is 14.4 Å². The largest absolute Gasteiger partial charge is 0.459 e. The first-order valence-corrected chi connectivity index (χ1v) is 10.9. The van der Waals surface area contributed by atoms with Gasteiger partial charge < -0.3 is 18.9 Å². The van der Waals surface area contributed by atoms with Crippen LogP contribution in [-0.4, -0.2) is 42.5 Å². The summed E-state index contributed by atoms with van der Waals surface area (Å²) in [4.78, 5) is 37.8. The first-order valence-electron chi connectivity index (χ1n) is 10.9. The van der Waals surface area contributed by atoms with Crippen LogP contribution in [0.2, 0.25) is 0 Å². The van der Waals surface area contributed by atoms with Crippen LogP contribution in [0.1, 0.15) is 44.4 Å². The van der Waals surface area contributed by atoms with Gasteiger partial charge in [0.25, 0.3) is 0 Å². The molecule has 3 aromatic rings. The van der Waals surface area contributed by atoms with Gasteiger partial charge in [0.15, 0.2) is 5.60 Å². The fraction of sp³-hybridized carbons (Fsp3) is 0.222. The van der Waals surface area contributed by atoms with E-state index in [2.05, 4.69) is 0 Å². The molecule has 0 aromatic heterocycles. The molecule has 1 fully saturated rings. The van der Waals surface area contributed by atoms with Crippen LogP contribution in [-0.2, 0) is 18.9 Å². The van der Waals surface area contributed by atoms with Gasteiger partial charge in [0, 0.05) is 6.42 Å². The molecule has 0 bridgehead atoms. The number of rotatable bonds is 7. The van der Waals surface area contributed by atoms with Crippen LogP contribution in [0.5, 0.6) is 0 Å². The highest BCUT2D eigenvalue weighted by Crippen LogP contribution is 2.36. The molecule has 174 valence electrons. The van der Waals surface area contributed by atoms with Crippen LogP contribution >= 0.6 is 0 Å². The second kappa shape index (κ2) is 10.3. The van der Waals surface area contributed by atoms with Crippen LogP contribution in [0, 0.1) is 0 Å². The number of esters is 3. The lowest BCUT2D eigenvalue weighted by atomic mass is 10.0. The van der Waals surface area contributed by atoms with Gasteiger partial charge >= 0.3 is 17.9 Å². The normalized spacial score (nSPS) is 21.4. The van der Waals surface area contributed by atoms with Gasteiger partial charge in [0.1, 0.15) is 12.7 Å². The predicted octanol–water partition coefficient (Wildman–Crippen LogP) is 4.43. The molecule has 7 nitrogen and oxygen atoms in total. The van der Waals surface area contributed by atoms with Crippen LogP contribution in [0.3, 0.4) is 0 Å². The average molecular weight is 460 g/mol. The zero-order valence-electron chi connectivity index (χ0n) is 18.6. The summed E-state index contributed by atoms with van der Waals surface area (Å²) in [6, 6.07) is 25.5. The van der Waals surface area contributed by atoms with Gasteiger partial charge in [-0.2, -0.15) is 0 Å². The van der Waals surface area contributed by atoms with Crippen LogP contribution in [0.25, 0.3) is 0 Å². The Morgan fingerprint density at radius 1 is 0.765 bits per heavy atom. The van der Waals surface area contributed by atoms with Crippen LogP contribution in [0.15, 0.2) is 91.0 Å². The molecular weight excluding hydrogens is 436 g/mol.